The van der Waals surface area contributed by atoms with Crippen molar-refractivity contribution in [2.24, 2.45) is 5.14 Å². The van der Waals surface area contributed by atoms with Crippen molar-refractivity contribution in [1.29, 1.82) is 0 Å². The molecule has 0 heterocycles. The predicted molar refractivity (Wildman–Crippen MR) is 26.8 cm³/mol. The Morgan fingerprint density at radius 1 is 1.00 bits per heavy atom. The van der Waals surface area contributed by atoms with E-state index in [0.29, 0.717) is 0 Å². The van der Waals surface area contributed by atoms with Crippen LogP contribution in [-0.4, -0.2) is 13.9 Å². The molecule has 0 saturated carbocycles. The van der Waals surface area contributed by atoms with Crippen molar-refractivity contribution in [2.45, 2.75) is 5.51 Å². The molecule has 0 aromatic rings. The second kappa shape index (κ2) is 10.5. The number of primary sulfonamides is 1. The van der Waals surface area contributed by atoms with Gasteiger partial charge in [0, 0.05) is 0 Å². The summed E-state index contributed by atoms with van der Waals surface area (Å²) in [7, 11) is -10.7. The third-order valence-corrected chi connectivity index (χ3v) is 0.968. The van der Waals surface area contributed by atoms with Crippen molar-refractivity contribution < 1.29 is 97.4 Å². The van der Waals surface area contributed by atoms with E-state index in [1.165, 1.54) is 0 Å². The maximum Gasteiger partial charge on any atom is 1.00 e. The van der Waals surface area contributed by atoms with Gasteiger partial charge < -0.3 is 19.2 Å². The molecule has 0 aliphatic heterocycles. The van der Waals surface area contributed by atoms with Crippen LogP contribution in [0, 0.1) is 0 Å². The van der Waals surface area contributed by atoms with Gasteiger partial charge in [0.1, 0.15) is 0 Å². The fraction of sp³-hybridized carbons (Fsp3) is 1.00. The number of alkyl halides is 3. The number of hydrogen-bond acceptors (Lipinski definition) is 6. The van der Waals surface area contributed by atoms with E-state index in [-0.39, 0.29) is 56.6 Å². The minimum Gasteiger partial charge on any atom is -0.822 e. The zero-order valence-electron chi connectivity index (χ0n) is 8.52. The molecule has 2 N–H and O–H groups in total. The molecule has 82 valence electrons. The van der Waals surface area contributed by atoms with Gasteiger partial charge in [-0.05, 0) is 0 Å². The molecule has 0 bridgehead atoms. The van der Waals surface area contributed by atoms with E-state index in [2.05, 4.69) is 5.14 Å². The first-order valence-electron chi connectivity index (χ1n) is 2.07. The molecular formula is CH2F3Li3NO6PS. The molecule has 0 fully saturated rings. The van der Waals surface area contributed by atoms with Crippen molar-refractivity contribution in [2.75, 3.05) is 0 Å². The summed E-state index contributed by atoms with van der Waals surface area (Å²) < 4.78 is 59.7. The normalized spacial score (nSPS) is 10.7. The molecule has 16 heavy (non-hydrogen) atoms. The van der Waals surface area contributed by atoms with Gasteiger partial charge in [-0.15, -0.1) is 0 Å². The average molecular weight is 265 g/mol. The van der Waals surface area contributed by atoms with Crippen molar-refractivity contribution >= 4 is 17.8 Å². The fourth-order valence-electron chi connectivity index (χ4n) is 0. The third kappa shape index (κ3) is 29.6. The Morgan fingerprint density at radius 3 is 1.06 bits per heavy atom. The Kier molecular flexibility index (Phi) is 20.1. The summed E-state index contributed by atoms with van der Waals surface area (Å²) in [6, 6.07) is 0. The van der Waals surface area contributed by atoms with Crippen molar-refractivity contribution in [3.8, 4) is 0 Å². The van der Waals surface area contributed by atoms with Gasteiger partial charge in [0.2, 0.25) is 0 Å². The van der Waals surface area contributed by atoms with Crippen LogP contribution < -0.4 is 76.4 Å². The Labute approximate surface area is 125 Å². The molecule has 15 heteroatoms. The number of sulfonamides is 1. The van der Waals surface area contributed by atoms with Gasteiger partial charge in [-0.25, -0.2) is 13.6 Å². The van der Waals surface area contributed by atoms with Gasteiger partial charge in [-0.3, -0.25) is 0 Å². The number of phosphoric acid groups is 1. The molecule has 7 nitrogen and oxygen atoms in total. The quantitative estimate of drug-likeness (QED) is 0.339. The van der Waals surface area contributed by atoms with E-state index in [1.807, 2.05) is 0 Å². The first kappa shape index (κ1) is 30.5. The van der Waals surface area contributed by atoms with Gasteiger partial charge in [0.15, 0.2) is 0 Å². The number of hydrogen-bond donors (Lipinski definition) is 1. The van der Waals surface area contributed by atoms with Crippen molar-refractivity contribution in [1.82, 2.24) is 0 Å². The minimum absolute atomic E-state index is 0. The van der Waals surface area contributed by atoms with Crippen LogP contribution in [-0.2, 0) is 14.6 Å². The van der Waals surface area contributed by atoms with Crippen LogP contribution in [0.2, 0.25) is 0 Å². The zero-order valence-corrected chi connectivity index (χ0v) is 10.2. The summed E-state index contributed by atoms with van der Waals surface area (Å²) in [6.07, 6.45) is 0. The van der Waals surface area contributed by atoms with E-state index in [9.17, 15) is 21.6 Å². The van der Waals surface area contributed by atoms with E-state index in [4.69, 9.17) is 19.2 Å². The van der Waals surface area contributed by atoms with Crippen molar-refractivity contribution in [3.05, 3.63) is 0 Å². The SMILES string of the molecule is NS(=O)(=O)C(F)(F)F.O=P([O-])([O-])[O-].[Li+].[Li+].[Li+]. The van der Waals surface area contributed by atoms with Crippen molar-refractivity contribution in [3.63, 3.8) is 0 Å². The molecule has 0 spiro atoms. The molecule has 0 aromatic carbocycles. The molecule has 0 aliphatic rings. The van der Waals surface area contributed by atoms with Gasteiger partial charge in [-0.1, -0.05) is 0 Å². The van der Waals surface area contributed by atoms with Crippen LogP contribution in [0.5, 0.6) is 0 Å². The van der Waals surface area contributed by atoms with Crippen LogP contribution in [0.15, 0.2) is 0 Å². The average Bonchev–Trinajstić information content (AvgIpc) is 1.50. The molecule has 0 aliphatic carbocycles. The Bertz CT molecular complexity index is 290. The van der Waals surface area contributed by atoms with Gasteiger partial charge in [0.25, 0.3) is 0 Å². The van der Waals surface area contributed by atoms with E-state index in [1.54, 1.807) is 0 Å². The van der Waals surface area contributed by atoms with Crippen LogP contribution in [0.3, 0.4) is 0 Å². The van der Waals surface area contributed by atoms with Gasteiger partial charge in [0.05, 0.1) is 0 Å². The maximum atomic E-state index is 10.8. The Morgan fingerprint density at radius 2 is 1.06 bits per heavy atom. The summed E-state index contributed by atoms with van der Waals surface area (Å²) in [5, 5.41) is 3.66. The van der Waals surface area contributed by atoms with Crippen LogP contribution >= 0.6 is 7.82 Å². The zero-order chi connectivity index (χ0) is 11.5. The number of rotatable bonds is 0. The second-order valence-corrected chi connectivity index (χ2v) is 3.89. The summed E-state index contributed by atoms with van der Waals surface area (Å²) in [5.74, 6) is 0. The molecule has 0 aromatic heterocycles. The van der Waals surface area contributed by atoms with E-state index < -0.39 is 23.4 Å². The van der Waals surface area contributed by atoms with E-state index in [0.717, 1.165) is 0 Å². The predicted octanol–water partition coefficient (Wildman–Crippen LogP) is -12.0. The second-order valence-electron chi connectivity index (χ2n) is 1.44. The largest absolute Gasteiger partial charge is 1.00 e. The van der Waals surface area contributed by atoms with Crippen LogP contribution in [0.25, 0.3) is 0 Å². The summed E-state index contributed by atoms with van der Waals surface area (Å²) >= 11 is 0. The van der Waals surface area contributed by atoms with E-state index >= 15 is 0 Å². The topological polar surface area (TPSA) is 146 Å². The Hall–Kier alpha value is 1.60. The fourth-order valence-corrected chi connectivity index (χ4v) is 0. The third-order valence-electron chi connectivity index (χ3n) is 0.323. The first-order valence-corrected chi connectivity index (χ1v) is 5.08. The molecule has 0 atom stereocenters. The van der Waals surface area contributed by atoms with Gasteiger partial charge >= 0.3 is 72.1 Å². The summed E-state index contributed by atoms with van der Waals surface area (Å²) in [4.78, 5) is 25.6. The minimum atomic E-state index is -5.39. The van der Waals surface area contributed by atoms with Crippen LogP contribution in [0.4, 0.5) is 13.2 Å². The number of nitrogens with two attached hydrogens (primary N) is 1. The number of halogens is 3. The molecular weight excluding hydrogens is 263 g/mol. The summed E-state index contributed by atoms with van der Waals surface area (Å²) in [5.41, 5.74) is -5.31. The standard InChI is InChI=1S/CH2F3NO2S.3Li.H3O4P/c2-1(3,4)8(5,6)7;;;;1-5(2,3)4/h(H2,5,6,7);;;;(H3,1,2,3,4)/q;3*+1;/p-3. The molecule has 0 unspecified atom stereocenters. The van der Waals surface area contributed by atoms with Crippen LogP contribution in [0.1, 0.15) is 0 Å². The molecule has 0 amide bonds. The molecule has 0 rings (SSSR count). The summed E-state index contributed by atoms with van der Waals surface area (Å²) in [6.45, 7) is 0. The molecule has 0 radical (unpaired) electrons. The molecule has 0 saturated heterocycles. The van der Waals surface area contributed by atoms with Gasteiger partial charge in [-0.2, -0.15) is 21.0 Å². The monoisotopic (exact) mass is 265 g/mol. The maximum absolute atomic E-state index is 10.8. The Balaban J connectivity index is -0.0000000454. The first-order chi connectivity index (χ1) is 5.25. The smallest absolute Gasteiger partial charge is 0.822 e.